The van der Waals surface area contributed by atoms with E-state index in [1.807, 2.05) is 45.2 Å². The summed E-state index contributed by atoms with van der Waals surface area (Å²) in [6, 6.07) is 8.18. The third-order valence-electron chi connectivity index (χ3n) is 7.23. The predicted molar refractivity (Wildman–Crippen MR) is 157 cm³/mol. The van der Waals surface area contributed by atoms with Crippen molar-refractivity contribution in [3.05, 3.63) is 89.6 Å². The molecule has 18 heteroatoms. The molecule has 1 unspecified atom stereocenters. The van der Waals surface area contributed by atoms with Crippen molar-refractivity contribution in [3.63, 3.8) is 0 Å². The van der Waals surface area contributed by atoms with Crippen LogP contribution in [0.25, 0.3) is 0 Å². The van der Waals surface area contributed by atoms with Crippen LogP contribution < -0.4 is 0 Å². The first kappa shape index (κ1) is 32.4. The number of nitrogens with zero attached hydrogens (tertiary/aromatic N) is 7. The summed E-state index contributed by atoms with van der Waals surface area (Å²) in [6.45, 7) is -0.179. The lowest BCUT2D eigenvalue weighted by Crippen LogP contribution is -2.51. The van der Waals surface area contributed by atoms with Crippen LogP contribution >= 0.6 is 45.2 Å². The predicted octanol–water partition coefficient (Wildman–Crippen LogP) is 5.59. The van der Waals surface area contributed by atoms with Crippen LogP contribution in [-0.4, -0.2) is 63.8 Å². The monoisotopic (exact) mass is 847 g/mol. The quantitative estimate of drug-likeness (QED) is 0.184. The van der Waals surface area contributed by atoms with Crippen LogP contribution in [0.1, 0.15) is 46.5 Å². The summed E-state index contributed by atoms with van der Waals surface area (Å²) in [5.41, 5.74) is -3.59. The highest BCUT2D eigenvalue weighted by Crippen LogP contribution is 2.42. The second-order valence-corrected chi connectivity index (χ2v) is 12.1. The molecule has 0 radical (unpaired) electrons. The van der Waals surface area contributed by atoms with E-state index in [1.165, 1.54) is 33.6 Å². The number of benzene rings is 2. The van der Waals surface area contributed by atoms with Crippen LogP contribution in [0, 0.1) is 7.40 Å². The molecule has 1 fully saturated rings. The summed E-state index contributed by atoms with van der Waals surface area (Å²) in [5, 5.41) is 38.8. The molecular weight excluding hydrogens is 826 g/mol. The van der Waals surface area contributed by atoms with Gasteiger partial charge in [-0.3, -0.25) is 0 Å². The summed E-state index contributed by atoms with van der Waals surface area (Å²) >= 11 is 3.65. The standard InChI is InChI=1S/C26H21F6I2N7O3/c27-25(28,29)16-6-1-4-14(10-16)12-40-21(33)19(35-37-40)24(44,18-8-3-9-39(18)23(42)43)20-22(34)41(38-36-20)13-15-5-2-7-17(11-15)26(30,31)32/h1-2,4-7,10-11,18,44H,3,8-9,12-13H2,(H,42,43). The Labute approximate surface area is 272 Å². The van der Waals surface area contributed by atoms with Crippen molar-refractivity contribution in [3.8, 4) is 0 Å². The van der Waals surface area contributed by atoms with Gasteiger partial charge in [0.25, 0.3) is 0 Å². The minimum atomic E-state index is -4.56. The van der Waals surface area contributed by atoms with Gasteiger partial charge in [-0.25, -0.2) is 14.2 Å². The van der Waals surface area contributed by atoms with Gasteiger partial charge in [-0.1, -0.05) is 34.7 Å². The van der Waals surface area contributed by atoms with Gasteiger partial charge in [0.15, 0.2) is 5.60 Å². The molecule has 1 aliphatic heterocycles. The molecule has 0 saturated carbocycles. The molecule has 234 valence electrons. The number of carbonyl (C=O) groups is 1. The number of carboxylic acid groups (broad SMARTS) is 1. The highest BCUT2D eigenvalue weighted by Gasteiger charge is 2.53. The van der Waals surface area contributed by atoms with Crippen molar-refractivity contribution >= 4 is 51.3 Å². The Morgan fingerprint density at radius 2 is 1.30 bits per heavy atom. The lowest BCUT2D eigenvalue weighted by molar-refractivity contribution is -0.138. The molecule has 2 aromatic heterocycles. The molecule has 0 spiro atoms. The number of rotatable bonds is 7. The number of likely N-dealkylation sites (tertiary alicyclic amines) is 1. The largest absolute Gasteiger partial charge is 0.465 e. The molecule has 4 aromatic rings. The van der Waals surface area contributed by atoms with Crippen molar-refractivity contribution in [2.45, 2.75) is 49.9 Å². The van der Waals surface area contributed by atoms with Crippen molar-refractivity contribution in [1.82, 2.24) is 34.9 Å². The van der Waals surface area contributed by atoms with Gasteiger partial charge in [-0.05, 0) is 93.4 Å². The molecule has 1 atom stereocenters. The van der Waals surface area contributed by atoms with E-state index in [4.69, 9.17) is 0 Å². The van der Waals surface area contributed by atoms with Crippen molar-refractivity contribution in [2.24, 2.45) is 0 Å². The molecule has 3 heterocycles. The average Bonchev–Trinajstić information content (AvgIpc) is 3.68. The average molecular weight is 847 g/mol. The van der Waals surface area contributed by atoms with E-state index in [2.05, 4.69) is 20.6 Å². The Bertz CT molecular complexity index is 1590. The third-order valence-corrected chi connectivity index (χ3v) is 9.36. The number of hydrogen-bond donors (Lipinski definition) is 2. The van der Waals surface area contributed by atoms with Gasteiger partial charge >= 0.3 is 18.4 Å². The highest BCUT2D eigenvalue weighted by atomic mass is 127. The lowest BCUT2D eigenvalue weighted by atomic mass is 9.86. The van der Waals surface area contributed by atoms with Crippen molar-refractivity contribution < 1.29 is 41.4 Å². The smallest absolute Gasteiger partial charge is 0.416 e. The molecule has 10 nitrogen and oxygen atoms in total. The SMILES string of the molecule is O=C(O)N1CCCC1C(O)(c1nnn(Cc2cccc(C(F)(F)F)c2)c1I)c1nnn(Cc2cccc(C(F)(F)F)c2)c1I. The highest BCUT2D eigenvalue weighted by molar-refractivity contribution is 14.1. The van der Waals surface area contributed by atoms with Crippen molar-refractivity contribution in [2.75, 3.05) is 6.54 Å². The van der Waals surface area contributed by atoms with Crippen LogP contribution in [0.5, 0.6) is 0 Å². The molecule has 1 aliphatic rings. The maximum absolute atomic E-state index is 13.3. The molecule has 44 heavy (non-hydrogen) atoms. The zero-order valence-corrected chi connectivity index (χ0v) is 26.5. The van der Waals surface area contributed by atoms with Gasteiger partial charge < -0.3 is 15.1 Å². The van der Waals surface area contributed by atoms with Gasteiger partial charge in [0.2, 0.25) is 0 Å². The fourth-order valence-corrected chi connectivity index (χ4v) is 6.74. The van der Waals surface area contributed by atoms with E-state index in [1.54, 1.807) is 0 Å². The molecule has 0 aliphatic carbocycles. The number of halogens is 8. The second kappa shape index (κ2) is 12.1. The zero-order chi connectivity index (χ0) is 32.0. The van der Waals surface area contributed by atoms with Gasteiger partial charge in [-0.2, -0.15) is 26.3 Å². The van der Waals surface area contributed by atoms with Gasteiger partial charge in [0.05, 0.1) is 30.3 Å². The summed E-state index contributed by atoms with van der Waals surface area (Å²) in [5.74, 6) is 0. The van der Waals surface area contributed by atoms with Crippen LogP contribution in [0.15, 0.2) is 48.5 Å². The van der Waals surface area contributed by atoms with Gasteiger partial charge in [-0.15, -0.1) is 10.2 Å². The van der Waals surface area contributed by atoms with E-state index in [9.17, 15) is 41.4 Å². The number of amides is 1. The maximum Gasteiger partial charge on any atom is 0.416 e. The molecule has 1 saturated heterocycles. The van der Waals surface area contributed by atoms with Crippen LogP contribution in [0.2, 0.25) is 0 Å². The van der Waals surface area contributed by atoms with E-state index < -0.39 is 41.2 Å². The Balaban J connectivity index is 1.56. The Morgan fingerprint density at radius 1 is 0.841 bits per heavy atom. The minimum absolute atomic E-state index is 0.0905. The minimum Gasteiger partial charge on any atom is -0.465 e. The molecule has 2 N–H and O–H groups in total. The van der Waals surface area contributed by atoms with Gasteiger partial charge in [0, 0.05) is 6.54 Å². The summed E-state index contributed by atoms with van der Waals surface area (Å²) in [4.78, 5) is 13.2. The Kier molecular flexibility index (Phi) is 8.88. The Hall–Kier alpha value is -3.01. The maximum atomic E-state index is 13.3. The fourth-order valence-electron chi connectivity index (χ4n) is 5.17. The number of aliphatic hydroxyl groups is 1. The molecule has 1 amide bonds. The number of aromatic nitrogens is 6. The summed E-state index contributed by atoms with van der Waals surface area (Å²) in [7, 11) is 0. The summed E-state index contributed by atoms with van der Waals surface area (Å²) < 4.78 is 82.6. The third kappa shape index (κ3) is 6.24. The van der Waals surface area contributed by atoms with Crippen LogP contribution in [0.3, 0.4) is 0 Å². The summed E-state index contributed by atoms with van der Waals surface area (Å²) in [6.07, 6.45) is -9.81. The lowest BCUT2D eigenvalue weighted by Gasteiger charge is -2.35. The molecule has 0 bridgehead atoms. The first-order chi connectivity index (χ1) is 20.6. The first-order valence-corrected chi connectivity index (χ1v) is 15.0. The van der Waals surface area contributed by atoms with E-state index in [0.717, 1.165) is 29.2 Å². The van der Waals surface area contributed by atoms with Crippen molar-refractivity contribution in [1.29, 1.82) is 0 Å². The van der Waals surface area contributed by atoms with E-state index >= 15 is 0 Å². The Morgan fingerprint density at radius 3 is 1.70 bits per heavy atom. The molecule has 5 rings (SSSR count). The molecule has 2 aromatic carbocycles. The van der Waals surface area contributed by atoms with Crippen LogP contribution in [0.4, 0.5) is 31.1 Å². The number of hydrogen-bond acceptors (Lipinski definition) is 6. The normalized spacial score (nSPS) is 16.1. The fraction of sp³-hybridized carbons (Fsp3) is 0.346. The first-order valence-electron chi connectivity index (χ1n) is 12.8. The second-order valence-electron chi connectivity index (χ2n) is 10.1. The van der Waals surface area contributed by atoms with E-state index in [0.29, 0.717) is 6.42 Å². The van der Waals surface area contributed by atoms with Gasteiger partial charge in [0.1, 0.15) is 18.8 Å². The topological polar surface area (TPSA) is 122 Å². The van der Waals surface area contributed by atoms with Crippen LogP contribution in [-0.2, 0) is 31.0 Å². The molecular formula is C26H21F6I2N7O3. The zero-order valence-electron chi connectivity index (χ0n) is 22.2. The number of alkyl halides is 6. The van der Waals surface area contributed by atoms with E-state index in [-0.39, 0.29) is 56.0 Å².